The fraction of sp³-hybridized carbons (Fsp3) is 0.250. The molecule has 26 heavy (non-hydrogen) atoms. The van der Waals surface area contributed by atoms with Gasteiger partial charge in [-0.2, -0.15) is 4.98 Å². The third-order valence-electron chi connectivity index (χ3n) is 4.32. The first kappa shape index (κ1) is 17.7. The first-order chi connectivity index (χ1) is 12.5. The van der Waals surface area contributed by atoms with Gasteiger partial charge in [0.25, 0.3) is 0 Å². The highest BCUT2D eigenvalue weighted by Crippen LogP contribution is 2.22. The number of hydrogen-bond donors (Lipinski definition) is 2. The average Bonchev–Trinajstić information content (AvgIpc) is 3.14. The molecule has 0 aliphatic rings. The maximum Gasteiger partial charge on any atom is 0.345 e. The SMILES string of the molecule is Cc1nc(=O)[nH]c(C)c1CCC(=O)N[C@@H](c1ccccc1)c1ccco1. The van der Waals surface area contributed by atoms with E-state index < -0.39 is 0 Å². The molecule has 0 aliphatic heterocycles. The van der Waals surface area contributed by atoms with E-state index in [4.69, 9.17) is 4.42 Å². The van der Waals surface area contributed by atoms with Gasteiger partial charge >= 0.3 is 5.69 Å². The van der Waals surface area contributed by atoms with Gasteiger partial charge in [-0.1, -0.05) is 30.3 Å². The molecule has 3 aromatic rings. The molecule has 0 aliphatic carbocycles. The molecule has 6 nitrogen and oxygen atoms in total. The standard InChI is InChI=1S/C20H21N3O3/c1-13-16(14(2)22-20(25)21-13)10-11-18(24)23-19(17-9-6-12-26-17)15-7-4-3-5-8-15/h3-9,12,19H,10-11H2,1-2H3,(H,23,24)(H,21,22,25)/t19-/m0/s1. The number of benzene rings is 1. The van der Waals surface area contributed by atoms with Crippen molar-refractivity contribution in [1.29, 1.82) is 0 Å². The Morgan fingerprint density at radius 1 is 1.19 bits per heavy atom. The van der Waals surface area contributed by atoms with Crippen LogP contribution < -0.4 is 11.0 Å². The van der Waals surface area contributed by atoms with Gasteiger partial charge in [0.2, 0.25) is 5.91 Å². The number of carbonyl (C=O) groups is 1. The summed E-state index contributed by atoms with van der Waals surface area (Å²) in [5.41, 5.74) is 2.89. The van der Waals surface area contributed by atoms with Gasteiger partial charge in [0, 0.05) is 17.8 Å². The van der Waals surface area contributed by atoms with Gasteiger partial charge in [-0.3, -0.25) is 4.79 Å². The van der Waals surface area contributed by atoms with E-state index in [1.165, 1.54) is 0 Å². The minimum absolute atomic E-state index is 0.0970. The fourth-order valence-corrected chi connectivity index (χ4v) is 3.01. The molecule has 0 saturated heterocycles. The van der Waals surface area contributed by atoms with Crippen LogP contribution in [0.5, 0.6) is 0 Å². The Morgan fingerprint density at radius 3 is 2.62 bits per heavy atom. The van der Waals surface area contributed by atoms with Crippen LogP contribution in [0, 0.1) is 13.8 Å². The normalized spacial score (nSPS) is 11.9. The number of H-pyrrole nitrogens is 1. The summed E-state index contributed by atoms with van der Waals surface area (Å²) in [7, 11) is 0. The zero-order chi connectivity index (χ0) is 18.5. The third kappa shape index (κ3) is 4.08. The van der Waals surface area contributed by atoms with E-state index in [9.17, 15) is 9.59 Å². The van der Waals surface area contributed by atoms with Gasteiger partial charge < -0.3 is 14.7 Å². The largest absolute Gasteiger partial charge is 0.467 e. The lowest BCUT2D eigenvalue weighted by atomic mass is 10.0. The molecular formula is C20H21N3O3. The van der Waals surface area contributed by atoms with E-state index in [0.717, 1.165) is 16.8 Å². The molecule has 2 N–H and O–H groups in total. The van der Waals surface area contributed by atoms with Crippen LogP contribution in [-0.4, -0.2) is 15.9 Å². The van der Waals surface area contributed by atoms with Gasteiger partial charge in [0.05, 0.1) is 6.26 Å². The summed E-state index contributed by atoms with van der Waals surface area (Å²) >= 11 is 0. The number of nitrogens with one attached hydrogen (secondary N) is 2. The van der Waals surface area contributed by atoms with Crippen LogP contribution in [0.3, 0.4) is 0 Å². The van der Waals surface area contributed by atoms with Crippen molar-refractivity contribution in [2.45, 2.75) is 32.7 Å². The molecule has 0 spiro atoms. The smallest absolute Gasteiger partial charge is 0.345 e. The maximum atomic E-state index is 12.5. The van der Waals surface area contributed by atoms with E-state index in [0.29, 0.717) is 24.3 Å². The number of rotatable bonds is 6. The molecule has 3 rings (SSSR count). The van der Waals surface area contributed by atoms with Crippen molar-refractivity contribution in [3.8, 4) is 0 Å². The first-order valence-corrected chi connectivity index (χ1v) is 8.48. The number of nitrogens with zero attached hydrogens (tertiary/aromatic N) is 1. The van der Waals surface area contributed by atoms with Gasteiger partial charge in [-0.25, -0.2) is 4.79 Å². The summed E-state index contributed by atoms with van der Waals surface area (Å²) in [5, 5.41) is 3.03. The monoisotopic (exact) mass is 351 g/mol. The van der Waals surface area contributed by atoms with Crippen molar-refractivity contribution < 1.29 is 9.21 Å². The Balaban J connectivity index is 1.72. The second-order valence-corrected chi connectivity index (χ2v) is 6.16. The number of carbonyl (C=O) groups excluding carboxylic acids is 1. The zero-order valence-corrected chi connectivity index (χ0v) is 14.8. The lowest BCUT2D eigenvalue weighted by Crippen LogP contribution is -2.29. The average molecular weight is 351 g/mol. The maximum absolute atomic E-state index is 12.5. The summed E-state index contributed by atoms with van der Waals surface area (Å²) in [4.78, 5) is 30.5. The Bertz CT molecular complexity index is 904. The van der Waals surface area contributed by atoms with E-state index in [2.05, 4.69) is 15.3 Å². The molecule has 2 heterocycles. The molecule has 0 bridgehead atoms. The van der Waals surface area contributed by atoms with Crippen molar-refractivity contribution in [2.75, 3.05) is 0 Å². The molecule has 0 radical (unpaired) electrons. The zero-order valence-electron chi connectivity index (χ0n) is 14.8. The van der Waals surface area contributed by atoms with E-state index in [-0.39, 0.29) is 17.6 Å². The third-order valence-corrected chi connectivity index (χ3v) is 4.32. The molecule has 0 fully saturated rings. The Hall–Kier alpha value is -3.15. The van der Waals surface area contributed by atoms with E-state index in [1.54, 1.807) is 19.3 Å². The Labute approximate surface area is 151 Å². The number of aromatic amines is 1. The minimum Gasteiger partial charge on any atom is -0.467 e. The Morgan fingerprint density at radius 2 is 1.96 bits per heavy atom. The number of aromatic nitrogens is 2. The molecule has 1 atom stereocenters. The Kier molecular flexibility index (Phi) is 5.31. The molecule has 1 aromatic carbocycles. The summed E-state index contributed by atoms with van der Waals surface area (Å²) in [5.74, 6) is 0.586. The molecule has 134 valence electrons. The quantitative estimate of drug-likeness (QED) is 0.715. The highest BCUT2D eigenvalue weighted by molar-refractivity contribution is 5.77. The summed E-state index contributed by atoms with van der Waals surface area (Å²) in [6.07, 6.45) is 2.39. The lowest BCUT2D eigenvalue weighted by Gasteiger charge is -2.17. The number of amides is 1. The van der Waals surface area contributed by atoms with Crippen LogP contribution in [0.2, 0.25) is 0 Å². The van der Waals surface area contributed by atoms with Crippen molar-refractivity contribution in [2.24, 2.45) is 0 Å². The number of hydrogen-bond acceptors (Lipinski definition) is 4. The van der Waals surface area contributed by atoms with Gasteiger partial charge in [0.1, 0.15) is 11.8 Å². The second-order valence-electron chi connectivity index (χ2n) is 6.16. The van der Waals surface area contributed by atoms with E-state index in [1.807, 2.05) is 43.3 Å². The van der Waals surface area contributed by atoms with Crippen LogP contribution in [0.15, 0.2) is 57.9 Å². The van der Waals surface area contributed by atoms with Crippen LogP contribution in [0.4, 0.5) is 0 Å². The second kappa shape index (κ2) is 7.82. The molecule has 2 aromatic heterocycles. The van der Waals surface area contributed by atoms with Crippen LogP contribution in [-0.2, 0) is 11.2 Å². The number of furan rings is 1. The van der Waals surface area contributed by atoms with Crippen molar-refractivity contribution in [1.82, 2.24) is 15.3 Å². The van der Waals surface area contributed by atoms with Crippen molar-refractivity contribution in [3.05, 3.63) is 87.5 Å². The van der Waals surface area contributed by atoms with Crippen LogP contribution in [0.1, 0.15) is 40.7 Å². The lowest BCUT2D eigenvalue weighted by molar-refractivity contribution is -0.121. The fourth-order valence-electron chi connectivity index (χ4n) is 3.01. The summed E-state index contributed by atoms with van der Waals surface area (Å²) in [6, 6.07) is 13.0. The van der Waals surface area contributed by atoms with Crippen LogP contribution in [0.25, 0.3) is 0 Å². The highest BCUT2D eigenvalue weighted by Gasteiger charge is 2.19. The number of aryl methyl sites for hydroxylation is 2. The molecular weight excluding hydrogens is 330 g/mol. The van der Waals surface area contributed by atoms with Gasteiger partial charge in [0.15, 0.2) is 0 Å². The van der Waals surface area contributed by atoms with Gasteiger partial charge in [-0.15, -0.1) is 0 Å². The molecule has 6 heteroatoms. The molecule has 0 unspecified atom stereocenters. The summed E-state index contributed by atoms with van der Waals surface area (Å²) in [6.45, 7) is 3.60. The van der Waals surface area contributed by atoms with Crippen molar-refractivity contribution in [3.63, 3.8) is 0 Å². The molecule has 0 saturated carbocycles. The predicted molar refractivity (Wildman–Crippen MR) is 97.8 cm³/mol. The minimum atomic E-state index is -0.366. The molecule has 1 amide bonds. The van der Waals surface area contributed by atoms with Crippen molar-refractivity contribution >= 4 is 5.91 Å². The van der Waals surface area contributed by atoms with E-state index >= 15 is 0 Å². The topological polar surface area (TPSA) is 88.0 Å². The van der Waals surface area contributed by atoms with Crippen LogP contribution >= 0.6 is 0 Å². The first-order valence-electron chi connectivity index (χ1n) is 8.48. The summed E-state index contributed by atoms with van der Waals surface area (Å²) < 4.78 is 5.50. The van der Waals surface area contributed by atoms with Gasteiger partial charge in [-0.05, 0) is 43.5 Å². The highest BCUT2D eigenvalue weighted by atomic mass is 16.3. The predicted octanol–water partition coefficient (Wildman–Crippen LogP) is 2.82.